The Labute approximate surface area is 180 Å². The smallest absolute Gasteiger partial charge is 0.244 e. The maximum atomic E-state index is 13.3. The molecule has 1 aromatic heterocycles. The first-order chi connectivity index (χ1) is 14.0. The number of ether oxygens (including phenoxy) is 1. The van der Waals surface area contributed by atoms with Crippen molar-refractivity contribution in [2.45, 2.75) is 63.0 Å². The lowest BCUT2D eigenvalue weighted by atomic mass is 9.46. The van der Waals surface area contributed by atoms with Crippen molar-refractivity contribution in [2.75, 3.05) is 13.2 Å². The molecule has 3 N–H and O–H groups in total. The molecule has 4 saturated carbocycles. The van der Waals surface area contributed by atoms with Crippen LogP contribution in [-0.4, -0.2) is 45.0 Å². The molecular weight excluding hydrogens is 412 g/mol. The Kier molecular flexibility index (Phi) is 4.95. The number of nitrogens with one attached hydrogen (secondary N) is 3. The molecule has 5 aliphatic rings. The summed E-state index contributed by atoms with van der Waals surface area (Å²) in [5.41, 5.74) is 5.24. The van der Waals surface area contributed by atoms with E-state index in [0.29, 0.717) is 23.5 Å². The molecule has 2 unspecified atom stereocenters. The van der Waals surface area contributed by atoms with Crippen molar-refractivity contribution < 1.29 is 9.53 Å². The molecule has 6 rings (SSSR count). The minimum Gasteiger partial charge on any atom is -0.376 e. The van der Waals surface area contributed by atoms with Crippen LogP contribution in [0.15, 0.2) is 6.33 Å². The van der Waals surface area contributed by atoms with Gasteiger partial charge in [0, 0.05) is 13.2 Å². The number of halogens is 1. The molecule has 10 heteroatoms. The summed E-state index contributed by atoms with van der Waals surface area (Å²) < 4.78 is 7.52. The van der Waals surface area contributed by atoms with Crippen molar-refractivity contribution in [3.8, 4) is 0 Å². The number of rotatable bonds is 4. The lowest BCUT2D eigenvalue weighted by molar-refractivity contribution is -0.156. The van der Waals surface area contributed by atoms with Crippen molar-refractivity contribution >= 4 is 34.8 Å². The van der Waals surface area contributed by atoms with Gasteiger partial charge < -0.3 is 10.1 Å². The van der Waals surface area contributed by atoms with Gasteiger partial charge in [-0.25, -0.2) is 9.67 Å². The molecule has 1 amide bonds. The third-order valence-electron chi connectivity index (χ3n) is 7.27. The van der Waals surface area contributed by atoms with E-state index in [0.717, 1.165) is 51.6 Å². The highest BCUT2D eigenvalue weighted by Crippen LogP contribution is 2.64. The van der Waals surface area contributed by atoms with Gasteiger partial charge in [-0.3, -0.25) is 15.6 Å². The molecule has 0 radical (unpaired) electrons. The summed E-state index contributed by atoms with van der Waals surface area (Å²) in [4.78, 5) is 17.4. The highest BCUT2D eigenvalue weighted by molar-refractivity contribution is 7.80. The van der Waals surface area contributed by atoms with E-state index in [1.807, 2.05) is 4.68 Å². The molecule has 2 heterocycles. The van der Waals surface area contributed by atoms with Gasteiger partial charge in [-0.05, 0) is 87.0 Å². The first kappa shape index (κ1) is 19.5. The Hall–Kier alpha value is -1.45. The molecule has 8 nitrogen and oxygen atoms in total. The second-order valence-corrected chi connectivity index (χ2v) is 10.1. The minimum absolute atomic E-state index is 0.0310. The van der Waals surface area contributed by atoms with Crippen molar-refractivity contribution in [3.63, 3.8) is 0 Å². The summed E-state index contributed by atoms with van der Waals surface area (Å²) in [5, 5.41) is 8.24. The van der Waals surface area contributed by atoms with E-state index >= 15 is 0 Å². The topological polar surface area (TPSA) is 93.1 Å². The summed E-state index contributed by atoms with van der Waals surface area (Å²) in [6.07, 6.45) is 9.99. The second kappa shape index (κ2) is 7.35. The Morgan fingerprint density at radius 1 is 1.31 bits per heavy atom. The van der Waals surface area contributed by atoms with Gasteiger partial charge in [0.05, 0.1) is 17.1 Å². The fraction of sp³-hybridized carbons (Fsp3) is 0.789. The minimum atomic E-state index is -0.389. The number of carbonyl (C=O) groups excluding carboxylic acids is 1. The Bertz CT molecular complexity index is 796. The number of nitrogens with zero attached hydrogens (tertiary/aromatic N) is 3. The van der Waals surface area contributed by atoms with E-state index in [-0.39, 0.29) is 28.2 Å². The Balaban J connectivity index is 1.24. The molecular formula is C19H27ClN6O2S. The first-order valence-corrected chi connectivity index (χ1v) is 11.3. The average Bonchev–Trinajstić information content (AvgIpc) is 3.35. The zero-order valence-corrected chi connectivity index (χ0v) is 17.9. The van der Waals surface area contributed by atoms with Gasteiger partial charge in [-0.1, -0.05) is 0 Å². The summed E-state index contributed by atoms with van der Waals surface area (Å²) >= 11 is 11.3. The largest absolute Gasteiger partial charge is 0.376 e. The van der Waals surface area contributed by atoms with E-state index in [2.05, 4.69) is 26.3 Å². The molecule has 1 aromatic rings. The van der Waals surface area contributed by atoms with E-state index in [1.54, 1.807) is 6.33 Å². The number of aromatic nitrogens is 3. The molecule has 29 heavy (non-hydrogen) atoms. The monoisotopic (exact) mass is 438 g/mol. The van der Waals surface area contributed by atoms with Crippen LogP contribution in [0.5, 0.6) is 0 Å². The molecule has 5 fully saturated rings. The summed E-state index contributed by atoms with van der Waals surface area (Å²) in [7, 11) is 0. The molecule has 158 valence electrons. The predicted octanol–water partition coefficient (Wildman–Crippen LogP) is 1.90. The highest BCUT2D eigenvalue weighted by atomic mass is 35.5. The van der Waals surface area contributed by atoms with Crippen molar-refractivity contribution in [1.29, 1.82) is 0 Å². The summed E-state index contributed by atoms with van der Waals surface area (Å²) in [6.45, 7) is 1.47. The van der Waals surface area contributed by atoms with Crippen LogP contribution in [0.25, 0.3) is 0 Å². The van der Waals surface area contributed by atoms with Gasteiger partial charge in [-0.2, -0.15) is 0 Å². The highest BCUT2D eigenvalue weighted by Gasteiger charge is 2.61. The number of hydrogen-bond acceptors (Lipinski definition) is 5. The molecule has 4 bridgehead atoms. The van der Waals surface area contributed by atoms with Crippen molar-refractivity contribution in [3.05, 3.63) is 11.6 Å². The number of hydrogen-bond donors (Lipinski definition) is 3. The quantitative estimate of drug-likeness (QED) is 0.488. The van der Waals surface area contributed by atoms with Crippen LogP contribution in [-0.2, 0) is 15.1 Å². The molecule has 5 atom stereocenters. The summed E-state index contributed by atoms with van der Waals surface area (Å²) in [6, 6.07) is 0. The van der Waals surface area contributed by atoms with Crippen LogP contribution in [0.1, 0.15) is 51.4 Å². The van der Waals surface area contributed by atoms with Crippen LogP contribution in [0.3, 0.4) is 0 Å². The fourth-order valence-corrected chi connectivity index (χ4v) is 6.78. The molecule has 0 aromatic carbocycles. The number of thiocarbonyl (C=S) groups is 1. The molecule has 4 aliphatic carbocycles. The SMILES string of the molecule is O=C(NNC(=S)NC[C@H]1CCCO1)C12C[C@H]3C[C@@H](C1)CC(n1cnc(Cl)n1)(C3)C2. The van der Waals surface area contributed by atoms with Crippen LogP contribution < -0.4 is 16.2 Å². The van der Waals surface area contributed by atoms with E-state index < -0.39 is 0 Å². The van der Waals surface area contributed by atoms with Crippen LogP contribution in [0.4, 0.5) is 0 Å². The predicted molar refractivity (Wildman–Crippen MR) is 111 cm³/mol. The van der Waals surface area contributed by atoms with Crippen LogP contribution in [0.2, 0.25) is 5.28 Å². The van der Waals surface area contributed by atoms with Gasteiger partial charge in [0.1, 0.15) is 6.33 Å². The van der Waals surface area contributed by atoms with Crippen molar-refractivity contribution in [2.24, 2.45) is 17.3 Å². The second-order valence-electron chi connectivity index (χ2n) is 9.35. The maximum absolute atomic E-state index is 13.3. The first-order valence-electron chi connectivity index (χ1n) is 10.5. The third kappa shape index (κ3) is 3.61. The summed E-state index contributed by atoms with van der Waals surface area (Å²) in [5.74, 6) is 1.10. The number of hydrazine groups is 1. The Morgan fingerprint density at radius 3 is 2.76 bits per heavy atom. The molecule has 1 saturated heterocycles. The van der Waals surface area contributed by atoms with Crippen molar-refractivity contribution in [1.82, 2.24) is 30.9 Å². The lowest BCUT2D eigenvalue weighted by Crippen LogP contribution is -2.63. The molecule has 1 aliphatic heterocycles. The van der Waals surface area contributed by atoms with E-state index in [1.165, 1.54) is 6.42 Å². The molecule has 0 spiro atoms. The maximum Gasteiger partial charge on any atom is 0.244 e. The third-order valence-corrected chi connectivity index (χ3v) is 7.69. The van der Waals surface area contributed by atoms with E-state index in [9.17, 15) is 4.79 Å². The van der Waals surface area contributed by atoms with Gasteiger partial charge >= 0.3 is 0 Å². The zero-order valence-electron chi connectivity index (χ0n) is 16.3. The van der Waals surface area contributed by atoms with Gasteiger partial charge in [0.15, 0.2) is 5.11 Å². The fourth-order valence-electron chi connectivity index (χ4n) is 6.52. The Morgan fingerprint density at radius 2 is 2.10 bits per heavy atom. The normalized spacial score (nSPS) is 37.5. The lowest BCUT2D eigenvalue weighted by Gasteiger charge is -2.60. The van der Waals surface area contributed by atoms with Crippen LogP contribution in [0, 0.1) is 17.3 Å². The van der Waals surface area contributed by atoms with Gasteiger partial charge in [0.25, 0.3) is 0 Å². The van der Waals surface area contributed by atoms with Gasteiger partial charge in [0.2, 0.25) is 11.2 Å². The number of carbonyl (C=O) groups is 1. The number of amides is 1. The van der Waals surface area contributed by atoms with Gasteiger partial charge in [-0.15, -0.1) is 5.10 Å². The standard InChI is InChI=1S/C19H27ClN6O2S/c20-16-22-11-26(25-16)19-7-12-4-13(8-19)6-18(5-12,10-19)15(27)23-24-17(29)21-9-14-2-1-3-28-14/h11-14H,1-10H2,(H,23,27)(H2,21,24,29)/t12-,13+,14-,18?,19?/m1/s1. The zero-order chi connectivity index (χ0) is 20.1. The van der Waals surface area contributed by atoms with Crippen LogP contribution >= 0.6 is 23.8 Å². The van der Waals surface area contributed by atoms with E-state index in [4.69, 9.17) is 28.6 Å². The average molecular weight is 439 g/mol.